The molecule has 0 unspecified atom stereocenters. The van der Waals surface area contributed by atoms with Gasteiger partial charge in [0.1, 0.15) is 0 Å². The minimum Gasteiger partial charge on any atom is -0.121 e. The summed E-state index contributed by atoms with van der Waals surface area (Å²) in [6, 6.07) is 85.7. The van der Waals surface area contributed by atoms with Gasteiger partial charge in [0.25, 0.3) is 0 Å². The Morgan fingerprint density at radius 1 is 0.196 bits per heavy atom. The molecule has 0 saturated carbocycles. The zero-order valence-corrected chi connectivity index (χ0v) is 35.4. The average molecular weight is 1090 g/mol. The van der Waals surface area contributed by atoms with Gasteiger partial charge in [0.05, 0.1) is 0 Å². The first-order valence-corrected chi connectivity index (χ1v) is 18.7. The van der Waals surface area contributed by atoms with E-state index in [2.05, 4.69) is 243 Å². The first-order chi connectivity index (χ1) is 26.8. The van der Waals surface area contributed by atoms with Gasteiger partial charge in [-0.3, -0.25) is 0 Å². The van der Waals surface area contributed by atoms with Crippen molar-refractivity contribution in [2.24, 2.45) is 0 Å². The van der Waals surface area contributed by atoms with Gasteiger partial charge in [-0.05, 0) is 0 Å². The summed E-state index contributed by atoms with van der Waals surface area (Å²) in [7, 11) is 0. The van der Waals surface area contributed by atoms with Crippen LogP contribution in [0, 0.1) is 23.7 Å². The van der Waals surface area contributed by atoms with Crippen LogP contribution in [0.2, 0.25) is 0 Å². The van der Waals surface area contributed by atoms with E-state index in [-0.39, 0.29) is 44.8 Å². The van der Waals surface area contributed by atoms with Crippen LogP contribution in [0.25, 0.3) is 0 Å². The quantitative estimate of drug-likeness (QED) is 0.0845. The van der Waals surface area contributed by atoms with Crippen LogP contribution in [0.5, 0.6) is 0 Å². The molecule has 0 atom stereocenters. The molecule has 1 radical (unpaired) electrons. The van der Waals surface area contributed by atoms with Crippen LogP contribution < -0.4 is 0 Å². The Labute approximate surface area is 365 Å². The van der Waals surface area contributed by atoms with Gasteiger partial charge in [0.15, 0.2) is 0 Å². The van der Waals surface area contributed by atoms with Crippen LogP contribution in [0.3, 0.4) is 0 Å². The van der Waals surface area contributed by atoms with Crippen molar-refractivity contribution in [1.29, 1.82) is 0 Å². The third kappa shape index (κ3) is 11.4. The Hall–Kier alpha value is -5.28. The van der Waals surface area contributed by atoms with E-state index in [1.165, 1.54) is 68.2 Å². The molecule has 56 heavy (non-hydrogen) atoms. The van der Waals surface area contributed by atoms with Crippen molar-refractivity contribution in [3.63, 3.8) is 0 Å². The summed E-state index contributed by atoms with van der Waals surface area (Å²) in [6.45, 7) is 0. The van der Waals surface area contributed by atoms with E-state index >= 15 is 0 Å². The second kappa shape index (κ2) is 22.3. The van der Waals surface area contributed by atoms with Gasteiger partial charge >= 0.3 is 22.4 Å². The van der Waals surface area contributed by atoms with Gasteiger partial charge in [0.2, 0.25) is 0 Å². The van der Waals surface area contributed by atoms with Crippen LogP contribution in [0.4, 0.5) is 0 Å². The largest absolute Gasteiger partial charge is 3.00 e. The molecule has 8 rings (SSSR count). The number of benzene rings is 8. The summed E-state index contributed by atoms with van der Waals surface area (Å²) in [5.41, 5.74) is 10.2. The maximum Gasteiger partial charge on any atom is 3.00 e. The van der Waals surface area contributed by atoms with Gasteiger partial charge in [-0.1, -0.05) is 158 Å². The van der Waals surface area contributed by atoms with Crippen LogP contribution in [-0.2, 0) is 44.8 Å². The molecule has 0 heterocycles. The van der Waals surface area contributed by atoms with Crippen molar-refractivity contribution in [2.45, 2.75) is 12.8 Å². The van der Waals surface area contributed by atoms with Crippen molar-refractivity contribution in [3.05, 3.63) is 311 Å². The maximum absolute atomic E-state index is 2.20. The summed E-state index contributed by atoms with van der Waals surface area (Å²) in [6.07, 6.45) is 1.75. The summed E-state index contributed by atoms with van der Waals surface area (Å²) in [5.74, 6) is 5.38. The van der Waals surface area contributed by atoms with E-state index in [4.69, 9.17) is 0 Å². The standard InChI is InChI=1S/2C27H22.2Au/c2*1-5-13-22(14-6-1)26(23-15-7-2-8-16-23)21-27(24-17-9-3-10-18-24)25-19-11-4-12-20-25;;/h2*1-20H,21H2;;/q2*-2;;+3. The zero-order chi connectivity index (χ0) is 36.6. The van der Waals surface area contributed by atoms with E-state index in [1.807, 2.05) is 0 Å². The van der Waals surface area contributed by atoms with Crippen LogP contribution in [-0.4, -0.2) is 0 Å². The fourth-order valence-electron chi connectivity index (χ4n) is 6.95. The molecule has 0 spiro atoms. The molecule has 0 aliphatic heterocycles. The first kappa shape index (κ1) is 41.9. The Morgan fingerprint density at radius 3 is 0.411 bits per heavy atom. The van der Waals surface area contributed by atoms with E-state index in [9.17, 15) is 0 Å². The van der Waals surface area contributed by atoms with E-state index in [0.717, 1.165) is 12.8 Å². The number of hydrogen-bond donors (Lipinski definition) is 0. The zero-order valence-electron chi connectivity index (χ0n) is 31.1. The fraction of sp³-hybridized carbons (Fsp3) is 0.0370. The number of hydrogen-bond acceptors (Lipinski definition) is 0. The second-order valence-electron chi connectivity index (χ2n) is 13.2. The van der Waals surface area contributed by atoms with Crippen molar-refractivity contribution < 1.29 is 44.8 Å². The molecule has 0 aromatic heterocycles. The average Bonchev–Trinajstić information content (AvgIpc) is 3.27. The van der Waals surface area contributed by atoms with Crippen LogP contribution in [0.1, 0.15) is 57.3 Å². The van der Waals surface area contributed by atoms with Gasteiger partial charge in [0, 0.05) is 22.4 Å². The minimum absolute atomic E-state index is 0. The SMILES string of the molecule is [Au+3].[Au].c1ccc([C-](C[C-](c2ccccc2)c2ccccc2)c2ccccc2)cc1.c1ccc([C-](C[C-](c2ccccc2)c2ccccc2)c2ccccc2)cc1. The van der Waals surface area contributed by atoms with Crippen molar-refractivity contribution in [2.75, 3.05) is 0 Å². The smallest absolute Gasteiger partial charge is 0.121 e. The Balaban J connectivity index is 0.000000207. The summed E-state index contributed by atoms with van der Waals surface area (Å²) in [4.78, 5) is 0. The molecule has 0 N–H and O–H groups in total. The molecule has 8 aromatic carbocycles. The summed E-state index contributed by atoms with van der Waals surface area (Å²) in [5, 5.41) is 0. The second-order valence-corrected chi connectivity index (χ2v) is 13.2. The minimum atomic E-state index is 0. The van der Waals surface area contributed by atoms with Crippen molar-refractivity contribution in [1.82, 2.24) is 0 Å². The van der Waals surface area contributed by atoms with Crippen molar-refractivity contribution in [3.8, 4) is 0 Å². The molecular formula is C54H44Au2-. The van der Waals surface area contributed by atoms with Gasteiger partial charge in [-0.25, -0.2) is 0 Å². The summed E-state index contributed by atoms with van der Waals surface area (Å²) >= 11 is 0. The molecule has 0 nitrogen and oxygen atoms in total. The molecule has 0 aliphatic carbocycles. The van der Waals surface area contributed by atoms with E-state index in [0.29, 0.717) is 0 Å². The Bertz CT molecular complexity index is 1710. The molecule has 2 heteroatoms. The molecule has 8 aromatic rings. The molecule has 0 aliphatic rings. The molecule has 0 fully saturated rings. The van der Waals surface area contributed by atoms with E-state index < -0.39 is 0 Å². The molecule has 283 valence electrons. The molecular weight excluding hydrogens is 1040 g/mol. The summed E-state index contributed by atoms with van der Waals surface area (Å²) < 4.78 is 0. The number of rotatable bonds is 12. The predicted octanol–water partition coefficient (Wildman–Crippen LogP) is 13.4. The Kier molecular flexibility index (Phi) is 16.7. The van der Waals surface area contributed by atoms with Crippen molar-refractivity contribution >= 4 is 0 Å². The topological polar surface area (TPSA) is 0 Å². The normalized spacial score (nSPS) is 10.0. The molecule has 0 amide bonds. The van der Waals surface area contributed by atoms with Gasteiger partial charge in [-0.15, -0.1) is 165 Å². The third-order valence-electron chi connectivity index (χ3n) is 9.69. The molecule has 0 bridgehead atoms. The van der Waals surface area contributed by atoms with Gasteiger partial charge in [-0.2, -0.15) is 0 Å². The third-order valence-corrected chi connectivity index (χ3v) is 9.69. The monoisotopic (exact) mass is 1090 g/mol. The molecule has 0 saturated heterocycles. The predicted molar refractivity (Wildman–Crippen MR) is 227 cm³/mol. The van der Waals surface area contributed by atoms with E-state index in [1.54, 1.807) is 0 Å². The first-order valence-electron chi connectivity index (χ1n) is 18.7. The Morgan fingerprint density at radius 2 is 0.304 bits per heavy atom. The van der Waals surface area contributed by atoms with Crippen LogP contribution in [0.15, 0.2) is 243 Å². The van der Waals surface area contributed by atoms with Crippen LogP contribution >= 0.6 is 0 Å². The van der Waals surface area contributed by atoms with Gasteiger partial charge < -0.3 is 0 Å². The maximum atomic E-state index is 2.20. The fourth-order valence-corrected chi connectivity index (χ4v) is 6.95.